The number of hydrogen-bond donors (Lipinski definition) is 0. The van der Waals surface area contributed by atoms with E-state index < -0.39 is 0 Å². The van der Waals surface area contributed by atoms with E-state index in [9.17, 15) is 4.79 Å². The average molecular weight is 323 g/mol. The Morgan fingerprint density at radius 1 is 1.29 bits per heavy atom. The second kappa shape index (κ2) is 7.47. The van der Waals surface area contributed by atoms with E-state index in [1.54, 1.807) is 11.1 Å². The van der Waals surface area contributed by atoms with Crippen molar-refractivity contribution in [1.82, 2.24) is 4.98 Å². The van der Waals surface area contributed by atoms with Gasteiger partial charge in [0.2, 0.25) is 0 Å². The molecule has 1 aliphatic heterocycles. The number of nitrogens with zero attached hydrogens (tertiary/aromatic N) is 3. The molecule has 126 valence electrons. The number of carbonyl (C=O) groups is 1. The van der Waals surface area contributed by atoms with E-state index in [4.69, 9.17) is 0 Å². The molecule has 0 radical (unpaired) electrons. The van der Waals surface area contributed by atoms with Crippen molar-refractivity contribution in [2.75, 3.05) is 29.4 Å². The fraction of sp³-hybridized carbons (Fsp3) is 0.400. The van der Waals surface area contributed by atoms with Crippen LogP contribution < -0.4 is 9.80 Å². The maximum atomic E-state index is 12.9. The molecule has 2 heterocycles. The van der Waals surface area contributed by atoms with E-state index in [1.165, 1.54) is 12.8 Å². The van der Waals surface area contributed by atoms with Crippen LogP contribution in [0, 0.1) is 5.92 Å². The topological polar surface area (TPSA) is 36.4 Å². The molecule has 4 nitrogen and oxygen atoms in total. The van der Waals surface area contributed by atoms with Crippen LogP contribution >= 0.6 is 0 Å². The van der Waals surface area contributed by atoms with Crippen molar-refractivity contribution in [3.63, 3.8) is 0 Å². The van der Waals surface area contributed by atoms with Crippen LogP contribution in [-0.2, 0) is 0 Å². The number of hydrogen-bond acceptors (Lipinski definition) is 3. The van der Waals surface area contributed by atoms with Crippen molar-refractivity contribution in [3.8, 4) is 0 Å². The Bertz CT molecular complexity index is 686. The van der Waals surface area contributed by atoms with Crippen molar-refractivity contribution < 1.29 is 4.79 Å². The number of piperidine rings is 1. The van der Waals surface area contributed by atoms with Gasteiger partial charge in [0.15, 0.2) is 0 Å². The Morgan fingerprint density at radius 2 is 2.08 bits per heavy atom. The summed E-state index contributed by atoms with van der Waals surface area (Å²) in [5.41, 5.74) is 2.52. The minimum atomic E-state index is -0.0457. The first-order valence-corrected chi connectivity index (χ1v) is 8.77. The number of amides is 1. The lowest BCUT2D eigenvalue weighted by atomic mass is 10.00. The first-order chi connectivity index (χ1) is 11.7. The maximum Gasteiger partial charge on any atom is 0.276 e. The van der Waals surface area contributed by atoms with Gasteiger partial charge in [0.1, 0.15) is 5.69 Å². The molecular weight excluding hydrogens is 298 g/mol. The molecule has 0 aliphatic carbocycles. The first-order valence-electron chi connectivity index (χ1n) is 8.77. The van der Waals surface area contributed by atoms with Gasteiger partial charge >= 0.3 is 0 Å². The van der Waals surface area contributed by atoms with Crippen molar-refractivity contribution in [3.05, 3.63) is 54.4 Å². The molecule has 0 N–H and O–H groups in total. The van der Waals surface area contributed by atoms with Gasteiger partial charge in [-0.25, -0.2) is 0 Å². The van der Waals surface area contributed by atoms with Gasteiger partial charge in [-0.1, -0.05) is 25.1 Å². The summed E-state index contributed by atoms with van der Waals surface area (Å²) in [5.74, 6) is 0.651. The van der Waals surface area contributed by atoms with Crippen molar-refractivity contribution >= 4 is 17.3 Å². The Morgan fingerprint density at radius 3 is 2.79 bits per heavy atom. The zero-order chi connectivity index (χ0) is 16.9. The van der Waals surface area contributed by atoms with Crippen molar-refractivity contribution in [2.45, 2.75) is 26.7 Å². The van der Waals surface area contributed by atoms with Gasteiger partial charge < -0.3 is 9.80 Å². The predicted octanol–water partition coefficient (Wildman–Crippen LogP) is 3.98. The minimum absolute atomic E-state index is 0.0457. The monoisotopic (exact) mass is 323 g/mol. The highest BCUT2D eigenvalue weighted by atomic mass is 16.2. The van der Waals surface area contributed by atoms with Crippen molar-refractivity contribution in [2.24, 2.45) is 5.92 Å². The van der Waals surface area contributed by atoms with Crippen LogP contribution in [0.4, 0.5) is 11.4 Å². The van der Waals surface area contributed by atoms with E-state index in [2.05, 4.69) is 16.8 Å². The van der Waals surface area contributed by atoms with Crippen LogP contribution in [0.3, 0.4) is 0 Å². The summed E-state index contributed by atoms with van der Waals surface area (Å²) in [6, 6.07) is 13.7. The molecule has 1 unspecified atom stereocenters. The van der Waals surface area contributed by atoms with Crippen LogP contribution in [-0.4, -0.2) is 30.5 Å². The zero-order valence-electron chi connectivity index (χ0n) is 14.5. The molecule has 24 heavy (non-hydrogen) atoms. The van der Waals surface area contributed by atoms with Crippen LogP contribution in [0.25, 0.3) is 0 Å². The number of carbonyl (C=O) groups excluding carboxylic acids is 1. The molecule has 0 bridgehead atoms. The SMILES string of the molecule is CCN(C(=O)c1cc(N2CCCC(C)C2)ccn1)c1ccccc1. The summed E-state index contributed by atoms with van der Waals surface area (Å²) in [6.07, 6.45) is 4.24. The van der Waals surface area contributed by atoms with Gasteiger partial charge in [-0.2, -0.15) is 0 Å². The number of anilines is 2. The third kappa shape index (κ3) is 3.58. The van der Waals surface area contributed by atoms with Gasteiger partial charge in [0.25, 0.3) is 5.91 Å². The summed E-state index contributed by atoms with van der Waals surface area (Å²) in [6.45, 7) is 7.00. The average Bonchev–Trinajstić information content (AvgIpc) is 2.63. The lowest BCUT2D eigenvalue weighted by Gasteiger charge is -2.33. The quantitative estimate of drug-likeness (QED) is 0.854. The lowest BCUT2D eigenvalue weighted by Crippen LogP contribution is -2.35. The molecule has 0 saturated carbocycles. The smallest absolute Gasteiger partial charge is 0.276 e. The minimum Gasteiger partial charge on any atom is -0.371 e. The standard InChI is InChI=1S/C20H25N3O/c1-3-23(17-9-5-4-6-10-17)20(24)19-14-18(11-12-21-19)22-13-7-8-16(2)15-22/h4-6,9-12,14,16H,3,7-8,13,15H2,1-2H3. The zero-order valence-corrected chi connectivity index (χ0v) is 14.5. The van der Waals surface area contributed by atoms with Gasteiger partial charge in [-0.05, 0) is 49.9 Å². The molecule has 1 amide bonds. The second-order valence-corrected chi connectivity index (χ2v) is 6.48. The second-order valence-electron chi connectivity index (χ2n) is 6.48. The lowest BCUT2D eigenvalue weighted by molar-refractivity contribution is 0.0983. The molecule has 1 aromatic heterocycles. The summed E-state index contributed by atoms with van der Waals surface area (Å²) < 4.78 is 0. The Labute approximate surface area is 144 Å². The Balaban J connectivity index is 1.83. The molecule has 1 aliphatic rings. The van der Waals surface area contributed by atoms with Crippen LogP contribution in [0.5, 0.6) is 0 Å². The van der Waals surface area contributed by atoms with E-state index in [0.29, 0.717) is 18.2 Å². The summed E-state index contributed by atoms with van der Waals surface area (Å²) in [7, 11) is 0. The van der Waals surface area contributed by atoms with Crippen LogP contribution in [0.15, 0.2) is 48.7 Å². The number of aromatic nitrogens is 1. The predicted molar refractivity (Wildman–Crippen MR) is 98.6 cm³/mol. The molecular formula is C20H25N3O. The maximum absolute atomic E-state index is 12.9. The highest BCUT2D eigenvalue weighted by Crippen LogP contribution is 2.24. The largest absolute Gasteiger partial charge is 0.371 e. The van der Waals surface area contributed by atoms with E-state index in [0.717, 1.165) is 24.5 Å². The number of rotatable bonds is 4. The molecule has 1 aromatic carbocycles. The number of pyridine rings is 1. The molecule has 1 atom stereocenters. The van der Waals surface area contributed by atoms with Gasteiger partial charge in [0, 0.05) is 37.2 Å². The number of para-hydroxylation sites is 1. The Kier molecular flexibility index (Phi) is 5.14. The first kappa shape index (κ1) is 16.5. The van der Waals surface area contributed by atoms with Gasteiger partial charge in [-0.15, -0.1) is 0 Å². The molecule has 0 spiro atoms. The van der Waals surface area contributed by atoms with Crippen LogP contribution in [0.2, 0.25) is 0 Å². The highest BCUT2D eigenvalue weighted by Gasteiger charge is 2.20. The molecule has 4 heteroatoms. The normalized spacial score (nSPS) is 17.6. The van der Waals surface area contributed by atoms with Crippen LogP contribution in [0.1, 0.15) is 37.2 Å². The molecule has 2 aromatic rings. The van der Waals surface area contributed by atoms with E-state index in [-0.39, 0.29) is 5.91 Å². The third-order valence-corrected chi connectivity index (χ3v) is 4.61. The highest BCUT2D eigenvalue weighted by molar-refractivity contribution is 6.05. The van der Waals surface area contributed by atoms with Gasteiger partial charge in [-0.3, -0.25) is 9.78 Å². The van der Waals surface area contributed by atoms with Gasteiger partial charge in [0.05, 0.1) is 0 Å². The summed E-state index contributed by atoms with van der Waals surface area (Å²) in [5, 5.41) is 0. The fourth-order valence-electron chi connectivity index (χ4n) is 3.35. The summed E-state index contributed by atoms with van der Waals surface area (Å²) in [4.78, 5) is 21.4. The van der Waals surface area contributed by atoms with Crippen molar-refractivity contribution in [1.29, 1.82) is 0 Å². The third-order valence-electron chi connectivity index (χ3n) is 4.61. The van der Waals surface area contributed by atoms with E-state index in [1.807, 2.05) is 49.4 Å². The Hall–Kier alpha value is -2.36. The molecule has 1 saturated heterocycles. The fourth-order valence-corrected chi connectivity index (χ4v) is 3.35. The molecule has 1 fully saturated rings. The van der Waals surface area contributed by atoms with E-state index >= 15 is 0 Å². The number of benzene rings is 1. The molecule has 3 rings (SSSR count). The summed E-state index contributed by atoms with van der Waals surface area (Å²) >= 11 is 0.